The predicted octanol–water partition coefficient (Wildman–Crippen LogP) is 2.34. The zero-order valence-electron chi connectivity index (χ0n) is 12.3. The van der Waals surface area contributed by atoms with E-state index in [1.54, 1.807) is 0 Å². The maximum Gasteiger partial charge on any atom is 0.223 e. The van der Waals surface area contributed by atoms with E-state index >= 15 is 0 Å². The molecule has 2 bridgehead atoms. The standard InChI is InChI=1S/C17H27NO2/c19-9-12-4-2-1-3-5-13(12)18-17(20)16-14-10-6-7-11(8-10)15(14)16/h10-16,19H,1-9H2,(H,18,20)/t10-,11-,12-,13+,14-,15+,16?/m0/s1. The van der Waals surface area contributed by atoms with E-state index in [-0.39, 0.29) is 18.6 Å². The van der Waals surface area contributed by atoms with E-state index in [9.17, 15) is 9.90 Å². The van der Waals surface area contributed by atoms with E-state index in [2.05, 4.69) is 5.32 Å². The summed E-state index contributed by atoms with van der Waals surface area (Å²) in [4.78, 5) is 12.6. The fourth-order valence-corrected chi connectivity index (χ4v) is 5.75. The fraction of sp³-hybridized carbons (Fsp3) is 0.941. The lowest BCUT2D eigenvalue weighted by Crippen LogP contribution is -2.42. The van der Waals surface area contributed by atoms with Crippen LogP contribution in [0.3, 0.4) is 0 Å². The zero-order valence-corrected chi connectivity index (χ0v) is 12.3. The summed E-state index contributed by atoms with van der Waals surface area (Å²) in [5, 5.41) is 12.9. The van der Waals surface area contributed by atoms with Crippen molar-refractivity contribution in [2.24, 2.45) is 35.5 Å². The highest BCUT2D eigenvalue weighted by Crippen LogP contribution is 2.69. The Hall–Kier alpha value is -0.570. The molecule has 0 heterocycles. The molecule has 20 heavy (non-hydrogen) atoms. The number of amides is 1. The monoisotopic (exact) mass is 277 g/mol. The summed E-state index contributed by atoms with van der Waals surface area (Å²) in [6, 6.07) is 0.231. The average Bonchev–Trinajstić information content (AvgIpc) is 3.01. The molecule has 0 aromatic rings. The molecule has 3 heteroatoms. The summed E-state index contributed by atoms with van der Waals surface area (Å²) < 4.78 is 0. The van der Waals surface area contributed by atoms with Crippen molar-refractivity contribution < 1.29 is 9.90 Å². The third-order valence-electron chi connectivity index (χ3n) is 6.76. The van der Waals surface area contributed by atoms with Gasteiger partial charge in [0.1, 0.15) is 0 Å². The van der Waals surface area contributed by atoms with Crippen molar-refractivity contribution in [3.8, 4) is 0 Å². The van der Waals surface area contributed by atoms with E-state index < -0.39 is 0 Å². The third-order valence-corrected chi connectivity index (χ3v) is 6.76. The molecular weight excluding hydrogens is 250 g/mol. The van der Waals surface area contributed by atoms with Gasteiger partial charge in [-0.15, -0.1) is 0 Å². The number of hydrogen-bond acceptors (Lipinski definition) is 2. The second kappa shape index (κ2) is 5.01. The molecule has 0 aromatic carbocycles. The molecule has 0 aromatic heterocycles. The second-order valence-corrected chi connectivity index (χ2v) is 7.71. The Morgan fingerprint density at radius 3 is 2.40 bits per heavy atom. The van der Waals surface area contributed by atoms with E-state index in [0.717, 1.165) is 36.5 Å². The minimum Gasteiger partial charge on any atom is -0.396 e. The molecule has 3 nitrogen and oxygen atoms in total. The molecule has 112 valence electrons. The van der Waals surface area contributed by atoms with Crippen LogP contribution in [0.15, 0.2) is 0 Å². The van der Waals surface area contributed by atoms with Crippen LogP contribution in [0.25, 0.3) is 0 Å². The zero-order chi connectivity index (χ0) is 13.7. The Morgan fingerprint density at radius 1 is 1.00 bits per heavy atom. The third kappa shape index (κ3) is 2.01. The van der Waals surface area contributed by atoms with Gasteiger partial charge >= 0.3 is 0 Å². The lowest BCUT2D eigenvalue weighted by atomic mass is 9.94. The number of hydrogen-bond donors (Lipinski definition) is 2. The summed E-state index contributed by atoms with van der Waals surface area (Å²) in [7, 11) is 0. The van der Waals surface area contributed by atoms with Gasteiger partial charge in [0, 0.05) is 24.5 Å². The van der Waals surface area contributed by atoms with Crippen LogP contribution in [-0.2, 0) is 4.79 Å². The van der Waals surface area contributed by atoms with Crippen LogP contribution in [-0.4, -0.2) is 23.7 Å². The van der Waals surface area contributed by atoms with Gasteiger partial charge in [-0.25, -0.2) is 0 Å². The van der Waals surface area contributed by atoms with E-state index in [4.69, 9.17) is 0 Å². The molecule has 4 aliphatic carbocycles. The summed E-state index contributed by atoms with van der Waals surface area (Å²) in [6.45, 7) is 0.230. The smallest absolute Gasteiger partial charge is 0.223 e. The summed E-state index contributed by atoms with van der Waals surface area (Å²) >= 11 is 0. The van der Waals surface area contributed by atoms with Gasteiger partial charge in [-0.2, -0.15) is 0 Å². The number of aliphatic hydroxyl groups excluding tert-OH is 1. The van der Waals surface area contributed by atoms with Gasteiger partial charge in [0.2, 0.25) is 5.91 Å². The van der Waals surface area contributed by atoms with Crippen molar-refractivity contribution in [2.75, 3.05) is 6.61 Å². The molecule has 4 saturated carbocycles. The van der Waals surface area contributed by atoms with Crippen LogP contribution in [0.2, 0.25) is 0 Å². The van der Waals surface area contributed by atoms with Crippen LogP contribution in [0, 0.1) is 35.5 Å². The van der Waals surface area contributed by atoms with Gasteiger partial charge in [-0.05, 0) is 55.8 Å². The van der Waals surface area contributed by atoms with Gasteiger partial charge in [0.05, 0.1) is 0 Å². The first-order valence-corrected chi connectivity index (χ1v) is 8.71. The Morgan fingerprint density at radius 2 is 1.70 bits per heavy atom. The maximum atomic E-state index is 12.6. The first-order valence-electron chi connectivity index (χ1n) is 8.71. The average molecular weight is 277 g/mol. The molecule has 2 N–H and O–H groups in total. The largest absolute Gasteiger partial charge is 0.396 e. The number of carbonyl (C=O) groups excluding carboxylic acids is 1. The number of aliphatic hydroxyl groups is 1. The highest BCUT2D eigenvalue weighted by Gasteiger charge is 2.67. The highest BCUT2D eigenvalue weighted by molar-refractivity contribution is 5.83. The predicted molar refractivity (Wildman–Crippen MR) is 76.9 cm³/mol. The fourth-order valence-electron chi connectivity index (χ4n) is 5.75. The van der Waals surface area contributed by atoms with Crippen LogP contribution in [0.5, 0.6) is 0 Å². The first-order chi connectivity index (χ1) is 9.79. The lowest BCUT2D eigenvalue weighted by Gasteiger charge is -2.25. The lowest BCUT2D eigenvalue weighted by molar-refractivity contribution is -0.124. The molecule has 0 saturated heterocycles. The summed E-state index contributed by atoms with van der Waals surface area (Å²) in [5.41, 5.74) is 0. The van der Waals surface area contributed by atoms with Crippen molar-refractivity contribution >= 4 is 5.91 Å². The number of fused-ring (bicyclic) bond motifs is 5. The van der Waals surface area contributed by atoms with E-state index in [0.29, 0.717) is 11.8 Å². The van der Waals surface area contributed by atoms with Gasteiger partial charge in [0.15, 0.2) is 0 Å². The Bertz CT molecular complexity index is 380. The Kier molecular flexibility index (Phi) is 3.29. The number of nitrogens with one attached hydrogen (secondary N) is 1. The molecule has 0 aliphatic heterocycles. The molecule has 0 spiro atoms. The van der Waals surface area contributed by atoms with Gasteiger partial charge in [-0.1, -0.05) is 19.3 Å². The molecule has 1 unspecified atom stereocenters. The quantitative estimate of drug-likeness (QED) is 0.778. The molecule has 4 fully saturated rings. The van der Waals surface area contributed by atoms with Crippen LogP contribution >= 0.6 is 0 Å². The second-order valence-electron chi connectivity index (χ2n) is 7.71. The molecule has 4 rings (SSSR count). The van der Waals surface area contributed by atoms with Gasteiger partial charge in [-0.3, -0.25) is 4.79 Å². The van der Waals surface area contributed by atoms with Crippen LogP contribution in [0.1, 0.15) is 51.4 Å². The molecular formula is C17H27NO2. The molecule has 0 radical (unpaired) electrons. The molecule has 4 aliphatic rings. The summed E-state index contributed by atoms with van der Waals surface area (Å²) in [6.07, 6.45) is 9.94. The van der Waals surface area contributed by atoms with Gasteiger partial charge < -0.3 is 10.4 Å². The maximum absolute atomic E-state index is 12.6. The SMILES string of the molecule is O=C(N[C@@H]1CCCCC[C@H]1CO)C1[C@@H]2[C@H]3CC[C@@H](C3)[C@H]12. The van der Waals surface area contributed by atoms with Crippen molar-refractivity contribution in [3.63, 3.8) is 0 Å². The van der Waals surface area contributed by atoms with Crippen LogP contribution in [0.4, 0.5) is 0 Å². The van der Waals surface area contributed by atoms with Crippen molar-refractivity contribution in [3.05, 3.63) is 0 Å². The first kappa shape index (κ1) is 13.1. The minimum atomic E-state index is 0.230. The number of rotatable bonds is 3. The van der Waals surface area contributed by atoms with Gasteiger partial charge in [0.25, 0.3) is 0 Å². The van der Waals surface area contributed by atoms with Crippen LogP contribution < -0.4 is 5.32 Å². The van der Waals surface area contributed by atoms with Crippen molar-refractivity contribution in [1.82, 2.24) is 5.32 Å². The topological polar surface area (TPSA) is 49.3 Å². The molecule has 7 atom stereocenters. The minimum absolute atomic E-state index is 0.230. The van der Waals surface area contributed by atoms with Crippen molar-refractivity contribution in [1.29, 1.82) is 0 Å². The molecule has 1 amide bonds. The number of carbonyl (C=O) groups is 1. The van der Waals surface area contributed by atoms with E-state index in [1.807, 2.05) is 0 Å². The Labute approximate surface area is 121 Å². The summed E-state index contributed by atoms with van der Waals surface area (Å²) in [5.74, 6) is 4.13. The van der Waals surface area contributed by atoms with Crippen molar-refractivity contribution in [2.45, 2.75) is 57.4 Å². The Balaban J connectivity index is 1.38. The van der Waals surface area contributed by atoms with E-state index in [1.165, 1.54) is 38.5 Å². The highest BCUT2D eigenvalue weighted by atomic mass is 16.3. The normalized spacial score (nSPS) is 49.5.